The monoisotopic (exact) mass is 424 g/mol. The maximum absolute atomic E-state index is 13.6. The molecule has 30 heavy (non-hydrogen) atoms. The van der Waals surface area contributed by atoms with Crippen molar-refractivity contribution in [2.24, 2.45) is 0 Å². The second-order valence-corrected chi connectivity index (χ2v) is 6.80. The van der Waals surface area contributed by atoms with Gasteiger partial charge in [-0.15, -0.1) is 0 Å². The molecule has 1 saturated heterocycles. The Morgan fingerprint density at radius 3 is 2.50 bits per heavy atom. The fourth-order valence-electron chi connectivity index (χ4n) is 3.06. The van der Waals surface area contributed by atoms with Crippen LogP contribution >= 0.6 is 0 Å². The molecule has 1 aliphatic rings. The van der Waals surface area contributed by atoms with Crippen molar-refractivity contribution < 1.29 is 22.4 Å². The summed E-state index contributed by atoms with van der Waals surface area (Å²) in [5, 5.41) is 3.53. The number of fused-ring (bicyclic) bond motifs is 1. The lowest BCUT2D eigenvalue weighted by Gasteiger charge is -2.40. The minimum Gasteiger partial charge on any atom is -0.373 e. The first-order valence-corrected chi connectivity index (χ1v) is 9.03. The van der Waals surface area contributed by atoms with Crippen molar-refractivity contribution in [3.63, 3.8) is 0 Å². The number of halogens is 4. The fraction of sp³-hybridized carbons (Fsp3) is 0.368. The van der Waals surface area contributed by atoms with Gasteiger partial charge in [-0.1, -0.05) is 0 Å². The first-order valence-electron chi connectivity index (χ1n) is 9.03. The van der Waals surface area contributed by atoms with E-state index in [1.807, 2.05) is 0 Å². The summed E-state index contributed by atoms with van der Waals surface area (Å²) in [5.41, 5.74) is 1.16. The highest BCUT2D eigenvalue weighted by molar-refractivity contribution is 5.95. The zero-order chi connectivity index (χ0) is 22.1. The van der Waals surface area contributed by atoms with Crippen LogP contribution in [-0.4, -0.2) is 51.9 Å². The number of nitrogens with zero attached hydrogens (tertiary/aromatic N) is 5. The first-order chi connectivity index (χ1) is 14.1. The minimum atomic E-state index is -3.20. The molecule has 0 amide bonds. The molecule has 4 heterocycles. The molecule has 0 saturated carbocycles. The summed E-state index contributed by atoms with van der Waals surface area (Å²) < 4.78 is 55.5. The van der Waals surface area contributed by atoms with E-state index in [1.54, 1.807) is 30.1 Å². The summed E-state index contributed by atoms with van der Waals surface area (Å²) in [5.74, 6) is -5.77. The van der Waals surface area contributed by atoms with Crippen molar-refractivity contribution in [3.8, 4) is 5.82 Å². The molecule has 1 fully saturated rings. The number of alkyl halides is 4. The molecule has 160 valence electrons. The molecule has 0 spiro atoms. The van der Waals surface area contributed by atoms with Crippen LogP contribution < -0.4 is 10.2 Å². The Morgan fingerprint density at radius 1 is 1.27 bits per heavy atom. The number of carbonyl (C=O) groups is 1. The number of carbonyl (C=O) groups excluding carboxylic acids is 1. The van der Waals surface area contributed by atoms with Crippen molar-refractivity contribution in [1.82, 2.24) is 19.5 Å². The molecule has 0 bridgehead atoms. The van der Waals surface area contributed by atoms with Crippen molar-refractivity contribution in [2.45, 2.75) is 25.7 Å². The highest BCUT2D eigenvalue weighted by atomic mass is 19.3. The summed E-state index contributed by atoms with van der Waals surface area (Å²) in [6.07, 6.45) is 5.18. The predicted molar refractivity (Wildman–Crippen MR) is 105 cm³/mol. The Bertz CT molecular complexity index is 1050. The average molecular weight is 424 g/mol. The topological polar surface area (TPSA) is 75.9 Å². The highest BCUT2D eigenvalue weighted by Gasteiger charge is 2.45. The lowest BCUT2D eigenvalue weighted by molar-refractivity contribution is -0.106. The third-order valence-corrected chi connectivity index (χ3v) is 4.39. The van der Waals surface area contributed by atoms with E-state index in [-0.39, 0.29) is 5.82 Å². The van der Waals surface area contributed by atoms with Crippen LogP contribution in [0.3, 0.4) is 0 Å². The van der Waals surface area contributed by atoms with Crippen LogP contribution in [-0.2, 0) is 10.7 Å². The van der Waals surface area contributed by atoms with Gasteiger partial charge in [-0.3, -0.25) is 4.57 Å². The van der Waals surface area contributed by atoms with Gasteiger partial charge in [0, 0.05) is 44.0 Å². The van der Waals surface area contributed by atoms with E-state index in [0.717, 1.165) is 13.2 Å². The third kappa shape index (κ3) is 4.19. The molecule has 11 heteroatoms. The molecule has 3 aromatic heterocycles. The fourth-order valence-corrected chi connectivity index (χ4v) is 3.06. The molecular weight excluding hydrogens is 404 g/mol. The average Bonchev–Trinajstić information content (AvgIpc) is 3.04. The van der Waals surface area contributed by atoms with Crippen LogP contribution in [0.5, 0.6) is 0 Å². The van der Waals surface area contributed by atoms with Crippen LogP contribution in [0.2, 0.25) is 0 Å². The molecule has 1 aliphatic heterocycles. The zero-order valence-corrected chi connectivity index (χ0v) is 16.5. The van der Waals surface area contributed by atoms with Crippen LogP contribution in [0, 0.1) is 0 Å². The molecule has 0 aromatic carbocycles. The Labute approximate surface area is 169 Å². The molecule has 0 radical (unpaired) electrons. The van der Waals surface area contributed by atoms with Crippen LogP contribution in [0.1, 0.15) is 19.7 Å². The van der Waals surface area contributed by atoms with E-state index in [1.165, 1.54) is 24.1 Å². The van der Waals surface area contributed by atoms with Gasteiger partial charge in [0.1, 0.15) is 17.9 Å². The molecule has 4 rings (SSSR count). The third-order valence-electron chi connectivity index (χ3n) is 4.39. The summed E-state index contributed by atoms with van der Waals surface area (Å²) in [6, 6.07) is 3.20. The molecule has 3 aromatic rings. The van der Waals surface area contributed by atoms with Gasteiger partial charge in [-0.05, 0) is 13.0 Å². The van der Waals surface area contributed by atoms with E-state index in [2.05, 4.69) is 20.3 Å². The maximum Gasteiger partial charge on any atom is 0.303 e. The van der Waals surface area contributed by atoms with Crippen LogP contribution in [0.4, 0.5) is 29.1 Å². The molecule has 0 aliphatic carbocycles. The van der Waals surface area contributed by atoms with Crippen LogP contribution in [0.15, 0.2) is 30.7 Å². The molecule has 1 N–H and O–H groups in total. The van der Waals surface area contributed by atoms with Gasteiger partial charge in [0.2, 0.25) is 5.82 Å². The highest BCUT2D eigenvalue weighted by Crippen LogP contribution is 2.38. The Hall–Kier alpha value is -3.24. The number of anilines is 2. The molecule has 0 atom stereocenters. The van der Waals surface area contributed by atoms with Gasteiger partial charge in [-0.25, -0.2) is 23.7 Å². The molecule has 7 nitrogen and oxygen atoms in total. The lowest BCUT2D eigenvalue weighted by Crippen LogP contribution is -2.56. The summed E-state index contributed by atoms with van der Waals surface area (Å²) in [4.78, 5) is 22.2. The summed E-state index contributed by atoms with van der Waals surface area (Å²) in [7, 11) is 1.69. The molecular formula is C19H20F4N6O. The SMILES string of the molecule is CC=O.CNc1cc2c(cn1)c(N1CC(F)(F)C1)cn2-c1ccnc(C(C)(F)F)n1. The van der Waals surface area contributed by atoms with Crippen molar-refractivity contribution in [2.75, 3.05) is 30.4 Å². The quantitative estimate of drug-likeness (QED) is 0.509. The number of hydrogen-bond donors (Lipinski definition) is 1. The second-order valence-electron chi connectivity index (χ2n) is 6.80. The largest absolute Gasteiger partial charge is 0.373 e. The summed E-state index contributed by atoms with van der Waals surface area (Å²) >= 11 is 0. The number of hydrogen-bond acceptors (Lipinski definition) is 6. The van der Waals surface area contributed by atoms with E-state index in [4.69, 9.17) is 4.79 Å². The van der Waals surface area contributed by atoms with Crippen molar-refractivity contribution in [3.05, 3.63) is 36.5 Å². The van der Waals surface area contributed by atoms with Gasteiger partial charge < -0.3 is 15.0 Å². The Kier molecular flexibility index (Phi) is 5.64. The predicted octanol–water partition coefficient (Wildman–Crippen LogP) is 3.63. The smallest absolute Gasteiger partial charge is 0.303 e. The second kappa shape index (κ2) is 7.88. The number of nitrogens with one attached hydrogen (secondary N) is 1. The number of aromatic nitrogens is 4. The van der Waals surface area contributed by atoms with Gasteiger partial charge in [0.25, 0.3) is 5.92 Å². The van der Waals surface area contributed by atoms with Gasteiger partial charge in [0.05, 0.1) is 24.3 Å². The van der Waals surface area contributed by atoms with Gasteiger partial charge in [-0.2, -0.15) is 8.78 Å². The number of rotatable bonds is 4. The zero-order valence-electron chi connectivity index (χ0n) is 16.5. The van der Waals surface area contributed by atoms with Crippen molar-refractivity contribution in [1.29, 1.82) is 0 Å². The number of aldehydes is 1. The van der Waals surface area contributed by atoms with Crippen LogP contribution in [0.25, 0.3) is 16.7 Å². The van der Waals surface area contributed by atoms with E-state index in [0.29, 0.717) is 22.4 Å². The normalized spacial score (nSPS) is 15.2. The Morgan fingerprint density at radius 2 is 1.93 bits per heavy atom. The number of pyridine rings is 1. The first kappa shape index (κ1) is 21.5. The maximum atomic E-state index is 13.6. The van der Waals surface area contributed by atoms with Crippen molar-refractivity contribution >= 4 is 28.7 Å². The molecule has 0 unspecified atom stereocenters. The van der Waals surface area contributed by atoms with Gasteiger partial charge >= 0.3 is 5.92 Å². The standard InChI is InChI=1S/C17H16F4N6.C2H4O/c1-16(18,19)15-23-4-3-14(25-15)27-7-12(26-8-17(20,21)9-26)10-6-24-13(22-2)5-11(10)27;1-2-3/h3-7H,8-9H2,1-2H3,(H,22,24);2H,1H3. The minimum absolute atomic E-state index is 0.221. The van der Waals surface area contributed by atoms with E-state index < -0.39 is 30.8 Å². The van der Waals surface area contributed by atoms with E-state index >= 15 is 0 Å². The Balaban J connectivity index is 0.000000806. The van der Waals surface area contributed by atoms with Gasteiger partial charge in [0.15, 0.2) is 0 Å². The lowest BCUT2D eigenvalue weighted by atomic mass is 10.1. The summed E-state index contributed by atoms with van der Waals surface area (Å²) in [6.45, 7) is 1.36. The van der Waals surface area contributed by atoms with E-state index in [9.17, 15) is 17.6 Å².